The normalized spacial score (nSPS) is 26.2. The maximum absolute atomic E-state index is 3.76. The van der Waals surface area contributed by atoms with Crippen LogP contribution in [-0.4, -0.2) is 12.6 Å². The van der Waals surface area contributed by atoms with Crippen molar-refractivity contribution in [3.63, 3.8) is 0 Å². The molecule has 0 aromatic carbocycles. The fourth-order valence-corrected chi connectivity index (χ4v) is 3.06. The van der Waals surface area contributed by atoms with E-state index in [4.69, 9.17) is 0 Å². The molecule has 1 rings (SSSR count). The molecule has 0 bridgehead atoms. The highest BCUT2D eigenvalue weighted by molar-refractivity contribution is 4.73. The zero-order chi connectivity index (χ0) is 13.2. The second-order valence-corrected chi connectivity index (χ2v) is 6.64. The van der Waals surface area contributed by atoms with E-state index in [1.165, 1.54) is 70.8 Å². The van der Waals surface area contributed by atoms with Gasteiger partial charge in [-0.1, -0.05) is 58.8 Å². The van der Waals surface area contributed by atoms with E-state index in [-0.39, 0.29) is 0 Å². The molecule has 0 heterocycles. The maximum atomic E-state index is 3.76. The van der Waals surface area contributed by atoms with Gasteiger partial charge < -0.3 is 5.32 Å². The zero-order valence-electron chi connectivity index (χ0n) is 13.0. The molecule has 108 valence electrons. The minimum Gasteiger partial charge on any atom is -0.314 e. The van der Waals surface area contributed by atoms with Gasteiger partial charge in [0, 0.05) is 6.04 Å². The minimum atomic E-state index is 0.728. The van der Waals surface area contributed by atoms with Gasteiger partial charge in [-0.15, -0.1) is 0 Å². The van der Waals surface area contributed by atoms with Gasteiger partial charge in [0.1, 0.15) is 0 Å². The first kappa shape index (κ1) is 16.0. The van der Waals surface area contributed by atoms with Crippen LogP contribution in [0.25, 0.3) is 0 Å². The lowest BCUT2D eigenvalue weighted by molar-refractivity contribution is 0.273. The first-order chi connectivity index (χ1) is 8.72. The molecule has 1 aliphatic carbocycles. The lowest BCUT2D eigenvalue weighted by Gasteiger charge is -2.27. The molecule has 1 unspecified atom stereocenters. The Morgan fingerprint density at radius 2 is 1.67 bits per heavy atom. The van der Waals surface area contributed by atoms with Gasteiger partial charge in [0.2, 0.25) is 0 Å². The molecule has 0 saturated heterocycles. The summed E-state index contributed by atoms with van der Waals surface area (Å²) < 4.78 is 0. The molecule has 1 fully saturated rings. The van der Waals surface area contributed by atoms with Gasteiger partial charge in [-0.05, 0) is 44.6 Å². The van der Waals surface area contributed by atoms with Crippen molar-refractivity contribution in [2.75, 3.05) is 6.54 Å². The van der Waals surface area contributed by atoms with Gasteiger partial charge in [-0.2, -0.15) is 0 Å². The van der Waals surface area contributed by atoms with Crippen LogP contribution in [-0.2, 0) is 0 Å². The number of hydrogen-bond acceptors (Lipinski definition) is 1. The lowest BCUT2D eigenvalue weighted by atomic mass is 9.83. The monoisotopic (exact) mass is 253 g/mol. The van der Waals surface area contributed by atoms with E-state index in [9.17, 15) is 0 Å². The van der Waals surface area contributed by atoms with Crippen molar-refractivity contribution < 1.29 is 0 Å². The smallest absolute Gasteiger partial charge is 0.00388 e. The molecule has 1 aliphatic rings. The van der Waals surface area contributed by atoms with Gasteiger partial charge in [0.05, 0.1) is 0 Å². The molecule has 0 amide bonds. The first-order valence-corrected chi connectivity index (χ1v) is 8.45. The molecule has 0 spiro atoms. The van der Waals surface area contributed by atoms with Crippen molar-refractivity contribution in [3.8, 4) is 0 Å². The third-order valence-electron chi connectivity index (χ3n) is 4.63. The molecular formula is C17H35N. The Morgan fingerprint density at radius 3 is 2.33 bits per heavy atom. The lowest BCUT2D eigenvalue weighted by Crippen LogP contribution is -2.32. The third kappa shape index (κ3) is 7.41. The molecule has 1 heteroatoms. The molecule has 1 atom stereocenters. The third-order valence-corrected chi connectivity index (χ3v) is 4.63. The molecule has 1 nitrogen and oxygen atoms in total. The van der Waals surface area contributed by atoms with E-state index >= 15 is 0 Å². The van der Waals surface area contributed by atoms with Crippen LogP contribution in [0.4, 0.5) is 0 Å². The van der Waals surface area contributed by atoms with Crippen molar-refractivity contribution in [1.29, 1.82) is 0 Å². The zero-order valence-corrected chi connectivity index (χ0v) is 13.0. The van der Waals surface area contributed by atoms with Gasteiger partial charge in [0.15, 0.2) is 0 Å². The number of rotatable bonds is 9. The van der Waals surface area contributed by atoms with Gasteiger partial charge in [-0.3, -0.25) is 0 Å². The van der Waals surface area contributed by atoms with E-state index in [0.717, 1.165) is 17.9 Å². The van der Waals surface area contributed by atoms with E-state index in [2.05, 4.69) is 26.1 Å². The van der Waals surface area contributed by atoms with Crippen molar-refractivity contribution >= 4 is 0 Å². The molecule has 1 saturated carbocycles. The average molecular weight is 253 g/mol. The minimum absolute atomic E-state index is 0.728. The average Bonchev–Trinajstić information content (AvgIpc) is 2.38. The molecule has 18 heavy (non-hydrogen) atoms. The molecule has 0 aromatic rings. The summed E-state index contributed by atoms with van der Waals surface area (Å²) >= 11 is 0. The fraction of sp³-hybridized carbons (Fsp3) is 1.00. The van der Waals surface area contributed by atoms with Crippen LogP contribution in [0.1, 0.15) is 85.0 Å². The van der Waals surface area contributed by atoms with Crippen LogP contribution in [0, 0.1) is 11.8 Å². The van der Waals surface area contributed by atoms with Crippen molar-refractivity contribution in [2.45, 2.75) is 91.0 Å². The van der Waals surface area contributed by atoms with Crippen molar-refractivity contribution in [2.24, 2.45) is 11.8 Å². The summed E-state index contributed by atoms with van der Waals surface area (Å²) in [5, 5.41) is 3.76. The van der Waals surface area contributed by atoms with Crippen LogP contribution in [0.3, 0.4) is 0 Å². The fourth-order valence-electron chi connectivity index (χ4n) is 3.06. The number of hydrogen-bond donors (Lipinski definition) is 1. The Labute approximate surface area is 115 Å². The predicted molar refractivity (Wildman–Crippen MR) is 82.0 cm³/mol. The van der Waals surface area contributed by atoms with Crippen LogP contribution < -0.4 is 5.32 Å². The maximum Gasteiger partial charge on any atom is 0.00388 e. The number of nitrogens with one attached hydrogen (secondary N) is 1. The van der Waals surface area contributed by atoms with Crippen LogP contribution >= 0.6 is 0 Å². The summed E-state index contributed by atoms with van der Waals surface area (Å²) in [6.07, 6.45) is 14.2. The second-order valence-electron chi connectivity index (χ2n) is 6.64. The molecule has 0 aromatic heterocycles. The van der Waals surface area contributed by atoms with Gasteiger partial charge in [0.25, 0.3) is 0 Å². The Kier molecular flexibility index (Phi) is 8.75. The summed E-state index contributed by atoms with van der Waals surface area (Å²) in [7, 11) is 0. The Hall–Kier alpha value is -0.0400. The van der Waals surface area contributed by atoms with Gasteiger partial charge >= 0.3 is 0 Å². The Balaban J connectivity index is 1.94. The topological polar surface area (TPSA) is 12.0 Å². The van der Waals surface area contributed by atoms with E-state index < -0.39 is 0 Å². The first-order valence-electron chi connectivity index (χ1n) is 8.45. The van der Waals surface area contributed by atoms with Crippen LogP contribution in [0.15, 0.2) is 0 Å². The standard InChI is InChI=1S/C17H35N/c1-4-5-6-7-8-9-16(3)18-14-17-12-10-15(2)11-13-17/h15-18H,4-14H2,1-3H3. The SMILES string of the molecule is CCCCCCCC(C)NCC1CCC(C)CC1. The summed E-state index contributed by atoms with van der Waals surface area (Å²) in [5.74, 6) is 1.95. The van der Waals surface area contributed by atoms with Gasteiger partial charge in [-0.25, -0.2) is 0 Å². The Morgan fingerprint density at radius 1 is 1.00 bits per heavy atom. The van der Waals surface area contributed by atoms with E-state index in [0.29, 0.717) is 0 Å². The van der Waals surface area contributed by atoms with Crippen LogP contribution in [0.2, 0.25) is 0 Å². The summed E-state index contributed by atoms with van der Waals surface area (Å²) in [4.78, 5) is 0. The number of unbranched alkanes of at least 4 members (excludes halogenated alkanes) is 4. The van der Waals surface area contributed by atoms with Crippen molar-refractivity contribution in [3.05, 3.63) is 0 Å². The molecule has 1 N–H and O–H groups in total. The largest absolute Gasteiger partial charge is 0.314 e. The highest BCUT2D eigenvalue weighted by Gasteiger charge is 2.18. The summed E-state index contributed by atoms with van der Waals surface area (Å²) in [5.41, 5.74) is 0. The molecule has 0 radical (unpaired) electrons. The van der Waals surface area contributed by atoms with Crippen LogP contribution in [0.5, 0.6) is 0 Å². The Bertz CT molecular complexity index is 182. The quantitative estimate of drug-likeness (QED) is 0.560. The predicted octanol–water partition coefficient (Wildman–Crippen LogP) is 5.15. The summed E-state index contributed by atoms with van der Waals surface area (Å²) in [6.45, 7) is 8.33. The van der Waals surface area contributed by atoms with E-state index in [1.807, 2.05) is 0 Å². The molecule has 0 aliphatic heterocycles. The highest BCUT2D eigenvalue weighted by atomic mass is 14.9. The highest BCUT2D eigenvalue weighted by Crippen LogP contribution is 2.27. The van der Waals surface area contributed by atoms with Crippen molar-refractivity contribution in [1.82, 2.24) is 5.32 Å². The molecular weight excluding hydrogens is 218 g/mol. The second kappa shape index (κ2) is 9.83. The summed E-state index contributed by atoms with van der Waals surface area (Å²) in [6, 6.07) is 0.728. The van der Waals surface area contributed by atoms with E-state index in [1.54, 1.807) is 0 Å².